The van der Waals surface area contributed by atoms with Crippen molar-refractivity contribution >= 4 is 16.8 Å². The summed E-state index contributed by atoms with van der Waals surface area (Å²) in [6, 6.07) is 5.72. The molecule has 22 heavy (non-hydrogen) atoms. The number of nitrogens with one attached hydrogen (secondary N) is 1. The number of aromatic nitrogens is 2. The van der Waals surface area contributed by atoms with E-state index in [2.05, 4.69) is 9.97 Å². The van der Waals surface area contributed by atoms with Gasteiger partial charge in [-0.25, -0.2) is 4.98 Å². The normalized spacial score (nSPS) is 18.3. The predicted octanol–water partition coefficient (Wildman–Crippen LogP) is 0.961. The van der Waals surface area contributed by atoms with Gasteiger partial charge in [0.25, 0.3) is 5.56 Å². The van der Waals surface area contributed by atoms with Gasteiger partial charge >= 0.3 is 0 Å². The maximum Gasteiger partial charge on any atom is 0.258 e. The number of carbonyl (C=O) groups is 1. The van der Waals surface area contributed by atoms with Crippen molar-refractivity contribution in [2.24, 2.45) is 5.92 Å². The minimum Gasteiger partial charge on any atom is -0.383 e. The molecule has 2 heterocycles. The molecule has 6 heteroatoms. The lowest BCUT2D eigenvalue weighted by molar-refractivity contribution is -0.128. The number of H-pyrrole nitrogens is 1. The van der Waals surface area contributed by atoms with Gasteiger partial charge in [0.1, 0.15) is 0 Å². The Morgan fingerprint density at radius 1 is 1.41 bits per heavy atom. The fourth-order valence-corrected chi connectivity index (χ4v) is 2.98. The molecule has 1 saturated heterocycles. The van der Waals surface area contributed by atoms with E-state index >= 15 is 0 Å². The zero-order valence-electron chi connectivity index (χ0n) is 12.5. The lowest BCUT2D eigenvalue weighted by atomic mass is 9.97. The molecule has 0 aliphatic carbocycles. The van der Waals surface area contributed by atoms with E-state index in [-0.39, 0.29) is 17.4 Å². The Morgan fingerprint density at radius 3 is 3.09 bits per heavy atom. The fourth-order valence-electron chi connectivity index (χ4n) is 2.98. The average molecular weight is 301 g/mol. The number of likely N-dealkylation sites (tertiary alicyclic amines) is 1. The largest absolute Gasteiger partial charge is 0.383 e. The number of hydrogen-bond donors (Lipinski definition) is 1. The monoisotopic (exact) mass is 301 g/mol. The molecule has 1 unspecified atom stereocenters. The van der Waals surface area contributed by atoms with Gasteiger partial charge in [0.2, 0.25) is 5.91 Å². The Balaban J connectivity index is 1.73. The van der Waals surface area contributed by atoms with Gasteiger partial charge in [-0.2, -0.15) is 0 Å². The van der Waals surface area contributed by atoms with Crippen LogP contribution in [0.1, 0.15) is 12.0 Å². The molecule has 1 aliphatic heterocycles. The van der Waals surface area contributed by atoms with Gasteiger partial charge in [-0.1, -0.05) is 6.07 Å². The Labute approximate surface area is 128 Å². The van der Waals surface area contributed by atoms with Crippen LogP contribution in [0.25, 0.3) is 10.9 Å². The molecule has 0 spiro atoms. The third-order valence-corrected chi connectivity index (χ3v) is 4.09. The van der Waals surface area contributed by atoms with E-state index in [9.17, 15) is 9.59 Å². The molecule has 1 atom stereocenters. The van der Waals surface area contributed by atoms with Crippen molar-refractivity contribution < 1.29 is 9.53 Å². The zero-order chi connectivity index (χ0) is 15.5. The molecule has 0 saturated carbocycles. The summed E-state index contributed by atoms with van der Waals surface area (Å²) in [5.74, 6) is 0.472. The molecule has 6 nitrogen and oxygen atoms in total. The second-order valence-corrected chi connectivity index (χ2v) is 5.69. The van der Waals surface area contributed by atoms with E-state index in [1.54, 1.807) is 7.11 Å². The van der Waals surface area contributed by atoms with E-state index < -0.39 is 0 Å². The first kappa shape index (κ1) is 14.7. The Morgan fingerprint density at radius 2 is 2.27 bits per heavy atom. The van der Waals surface area contributed by atoms with Gasteiger partial charge in [-0.05, 0) is 30.0 Å². The van der Waals surface area contributed by atoms with E-state index in [1.807, 2.05) is 23.1 Å². The summed E-state index contributed by atoms with van der Waals surface area (Å²) in [7, 11) is 1.64. The maximum atomic E-state index is 12.0. The highest BCUT2D eigenvalue weighted by atomic mass is 16.5. The van der Waals surface area contributed by atoms with E-state index in [1.165, 1.54) is 6.33 Å². The van der Waals surface area contributed by atoms with Crippen molar-refractivity contribution in [3.63, 3.8) is 0 Å². The molecule has 116 valence electrons. The summed E-state index contributed by atoms with van der Waals surface area (Å²) in [4.78, 5) is 32.4. The van der Waals surface area contributed by atoms with Crippen molar-refractivity contribution in [3.05, 3.63) is 40.4 Å². The third kappa shape index (κ3) is 3.01. The van der Waals surface area contributed by atoms with Gasteiger partial charge in [-0.15, -0.1) is 0 Å². The predicted molar refractivity (Wildman–Crippen MR) is 82.6 cm³/mol. The Hall–Kier alpha value is -2.21. The second kappa shape index (κ2) is 6.27. The quantitative estimate of drug-likeness (QED) is 0.892. The third-order valence-electron chi connectivity index (χ3n) is 4.09. The van der Waals surface area contributed by atoms with Crippen LogP contribution in [0.5, 0.6) is 0 Å². The average Bonchev–Trinajstić information content (AvgIpc) is 2.86. The van der Waals surface area contributed by atoms with Gasteiger partial charge < -0.3 is 14.6 Å². The van der Waals surface area contributed by atoms with Crippen LogP contribution < -0.4 is 5.56 Å². The first-order chi connectivity index (χ1) is 10.7. The molecule has 2 aromatic rings. The smallest absolute Gasteiger partial charge is 0.258 e. The van der Waals surface area contributed by atoms with E-state index in [0.717, 1.165) is 18.5 Å². The molecule has 0 bridgehead atoms. The highest BCUT2D eigenvalue weighted by molar-refractivity contribution is 5.79. The topological polar surface area (TPSA) is 75.3 Å². The number of rotatable bonds is 5. The molecule has 1 aliphatic rings. The lowest BCUT2D eigenvalue weighted by Gasteiger charge is -2.16. The second-order valence-electron chi connectivity index (χ2n) is 5.69. The summed E-state index contributed by atoms with van der Waals surface area (Å²) >= 11 is 0. The molecule has 1 aromatic heterocycles. The van der Waals surface area contributed by atoms with Crippen molar-refractivity contribution in [1.29, 1.82) is 0 Å². The molecule has 3 rings (SSSR count). The van der Waals surface area contributed by atoms with Crippen LogP contribution in [0.15, 0.2) is 29.3 Å². The summed E-state index contributed by atoms with van der Waals surface area (Å²) < 4.78 is 5.03. The summed E-state index contributed by atoms with van der Waals surface area (Å²) in [5, 5.41) is 0.598. The number of amides is 1. The number of benzene rings is 1. The van der Waals surface area contributed by atoms with Crippen LogP contribution in [0.3, 0.4) is 0 Å². The molecular weight excluding hydrogens is 282 g/mol. The highest BCUT2D eigenvalue weighted by Crippen LogP contribution is 2.22. The molecule has 1 N–H and O–H groups in total. The minimum atomic E-state index is -0.129. The Kier molecular flexibility index (Phi) is 4.20. The number of methoxy groups -OCH3 is 1. The van der Waals surface area contributed by atoms with Crippen LogP contribution in [0.4, 0.5) is 0 Å². The highest BCUT2D eigenvalue weighted by Gasteiger charge is 2.29. The number of carbonyl (C=O) groups excluding carboxylic acids is 1. The summed E-state index contributed by atoms with van der Waals surface area (Å²) in [6.07, 6.45) is 2.76. The molecule has 1 amide bonds. The van der Waals surface area contributed by atoms with Crippen LogP contribution in [0.2, 0.25) is 0 Å². The Bertz CT molecular complexity index is 741. The van der Waals surface area contributed by atoms with Crippen molar-refractivity contribution in [2.75, 3.05) is 26.8 Å². The van der Waals surface area contributed by atoms with Crippen LogP contribution in [0, 0.1) is 5.92 Å². The summed E-state index contributed by atoms with van der Waals surface area (Å²) in [5.41, 5.74) is 1.63. The fraction of sp³-hybridized carbons (Fsp3) is 0.438. The number of aromatic amines is 1. The lowest BCUT2D eigenvalue weighted by Crippen LogP contribution is -2.28. The standard InChI is InChI=1S/C16H19N3O3/c1-22-5-4-19-9-12(8-15(19)20)6-11-2-3-14-13(7-11)16(21)18-10-17-14/h2-3,7,10,12H,4-6,8-9H2,1H3,(H,17,18,21). The van der Waals surface area contributed by atoms with Gasteiger partial charge in [0, 0.05) is 26.6 Å². The molecule has 0 radical (unpaired) electrons. The molecule has 1 aromatic carbocycles. The molecule has 1 fully saturated rings. The first-order valence-electron chi connectivity index (χ1n) is 7.40. The first-order valence-corrected chi connectivity index (χ1v) is 7.40. The van der Waals surface area contributed by atoms with Gasteiger partial charge in [-0.3, -0.25) is 9.59 Å². The number of fused-ring (bicyclic) bond motifs is 1. The van der Waals surface area contributed by atoms with E-state index in [4.69, 9.17) is 4.74 Å². The van der Waals surface area contributed by atoms with Crippen LogP contribution >= 0.6 is 0 Å². The molecular formula is C16H19N3O3. The van der Waals surface area contributed by atoms with Crippen LogP contribution in [-0.4, -0.2) is 47.6 Å². The summed E-state index contributed by atoms with van der Waals surface area (Å²) in [6.45, 7) is 1.96. The van der Waals surface area contributed by atoms with Crippen LogP contribution in [-0.2, 0) is 16.0 Å². The SMILES string of the molecule is COCCN1CC(Cc2ccc3nc[nH]c(=O)c3c2)CC1=O. The minimum absolute atomic E-state index is 0.129. The maximum absolute atomic E-state index is 12.0. The number of ether oxygens (including phenoxy) is 1. The van der Waals surface area contributed by atoms with Gasteiger partial charge in [0.15, 0.2) is 0 Å². The number of nitrogens with zero attached hydrogens (tertiary/aromatic N) is 2. The van der Waals surface area contributed by atoms with Crippen molar-refractivity contribution in [3.8, 4) is 0 Å². The van der Waals surface area contributed by atoms with Gasteiger partial charge in [0.05, 0.1) is 23.8 Å². The zero-order valence-corrected chi connectivity index (χ0v) is 12.5. The van der Waals surface area contributed by atoms with Crippen molar-refractivity contribution in [1.82, 2.24) is 14.9 Å². The van der Waals surface area contributed by atoms with E-state index in [0.29, 0.717) is 30.5 Å². The number of hydrogen-bond acceptors (Lipinski definition) is 4. The van der Waals surface area contributed by atoms with Crippen molar-refractivity contribution in [2.45, 2.75) is 12.8 Å².